The third kappa shape index (κ3) is 5.45. The van der Waals surface area contributed by atoms with Crippen LogP contribution in [0.2, 0.25) is 0 Å². The van der Waals surface area contributed by atoms with Crippen molar-refractivity contribution in [1.29, 1.82) is 0 Å². The summed E-state index contributed by atoms with van der Waals surface area (Å²) in [5.41, 5.74) is 0.584. The number of alkyl halides is 3. The normalized spacial score (nSPS) is 23.7. The van der Waals surface area contributed by atoms with Crippen molar-refractivity contribution in [3.63, 3.8) is 0 Å². The van der Waals surface area contributed by atoms with Gasteiger partial charge in [0.2, 0.25) is 5.91 Å². The van der Waals surface area contributed by atoms with Crippen molar-refractivity contribution in [2.75, 3.05) is 26.2 Å². The van der Waals surface area contributed by atoms with Crippen LogP contribution in [-0.2, 0) is 23.2 Å². The van der Waals surface area contributed by atoms with Gasteiger partial charge < -0.3 is 24.5 Å². The number of halogens is 3. The lowest BCUT2D eigenvalue weighted by Gasteiger charge is -2.62. The summed E-state index contributed by atoms with van der Waals surface area (Å²) in [5, 5.41) is 18.8. The molecule has 37 heavy (non-hydrogen) atoms. The van der Waals surface area contributed by atoms with Crippen molar-refractivity contribution in [2.45, 2.75) is 50.5 Å². The minimum absolute atomic E-state index is 0.00209. The molecule has 3 aliphatic carbocycles. The quantitative estimate of drug-likeness (QED) is 0.565. The molecule has 2 aromatic heterocycles. The van der Waals surface area contributed by atoms with Crippen LogP contribution in [0.1, 0.15) is 48.5 Å². The minimum Gasteiger partial charge on any atom is -0.475 e. The van der Waals surface area contributed by atoms with Crippen LogP contribution in [0.3, 0.4) is 0 Å². The lowest BCUT2D eigenvalue weighted by atomic mass is 9.50. The number of carboxylic acids is 1. The van der Waals surface area contributed by atoms with Crippen molar-refractivity contribution in [3.8, 4) is 0 Å². The molecule has 6 rings (SSSR count). The van der Waals surface area contributed by atoms with Gasteiger partial charge in [-0.05, 0) is 32.1 Å². The van der Waals surface area contributed by atoms with Gasteiger partial charge in [-0.25, -0.2) is 9.78 Å². The third-order valence-electron chi connectivity index (χ3n) is 7.15. The van der Waals surface area contributed by atoms with E-state index >= 15 is 0 Å². The fourth-order valence-corrected chi connectivity index (χ4v) is 5.04. The van der Waals surface area contributed by atoms with Crippen LogP contribution in [-0.4, -0.2) is 94.9 Å². The number of nitrogens with one attached hydrogen (secondary N) is 1. The van der Waals surface area contributed by atoms with Gasteiger partial charge in [-0.2, -0.15) is 13.2 Å². The van der Waals surface area contributed by atoms with E-state index in [4.69, 9.17) is 9.90 Å². The van der Waals surface area contributed by atoms with Gasteiger partial charge in [-0.15, -0.1) is 10.2 Å². The lowest BCUT2D eigenvalue weighted by Crippen LogP contribution is -2.69. The number of carbonyl (C=O) groups is 3. The second-order valence-corrected chi connectivity index (χ2v) is 9.65. The molecule has 1 saturated heterocycles. The number of hydrogen-bond acceptors (Lipinski definition) is 7. The Kier molecular flexibility index (Phi) is 7.26. The molecule has 0 radical (unpaired) electrons. The predicted octanol–water partition coefficient (Wildman–Crippen LogP) is 0.833. The maximum atomic E-state index is 13.4. The molecule has 15 heteroatoms. The maximum Gasteiger partial charge on any atom is 0.490 e. The minimum atomic E-state index is -5.08. The Morgan fingerprint density at radius 3 is 2.24 bits per heavy atom. The first-order chi connectivity index (χ1) is 17.4. The van der Waals surface area contributed by atoms with E-state index < -0.39 is 18.2 Å². The molecule has 12 nitrogen and oxygen atoms in total. The fraction of sp³-hybridized carbons (Fsp3) is 0.636. The van der Waals surface area contributed by atoms with E-state index in [1.54, 1.807) is 23.4 Å². The number of piperazine rings is 1. The van der Waals surface area contributed by atoms with E-state index in [9.17, 15) is 22.8 Å². The largest absolute Gasteiger partial charge is 0.490 e. The van der Waals surface area contributed by atoms with Crippen LogP contribution in [0, 0.1) is 5.92 Å². The number of hydrogen-bond donors (Lipinski definition) is 2. The number of carbonyl (C=O) groups excluding carboxylic acids is 2. The van der Waals surface area contributed by atoms with Gasteiger partial charge in [0, 0.05) is 45.3 Å². The Labute approximate surface area is 210 Å². The second-order valence-electron chi connectivity index (χ2n) is 9.65. The molecule has 2 amide bonds. The molecule has 4 aliphatic rings. The molecule has 4 fully saturated rings. The predicted molar refractivity (Wildman–Crippen MR) is 121 cm³/mol. The molecule has 1 unspecified atom stereocenters. The summed E-state index contributed by atoms with van der Waals surface area (Å²) < 4.78 is 35.4. The first-order valence-electron chi connectivity index (χ1n) is 11.9. The summed E-state index contributed by atoms with van der Waals surface area (Å²) in [6, 6.07) is -0.490. The summed E-state index contributed by atoms with van der Waals surface area (Å²) in [6.45, 7) is 5.05. The summed E-state index contributed by atoms with van der Waals surface area (Å²) >= 11 is 0. The van der Waals surface area contributed by atoms with Gasteiger partial charge in [0.15, 0.2) is 11.9 Å². The summed E-state index contributed by atoms with van der Waals surface area (Å²) in [4.78, 5) is 43.1. The van der Waals surface area contributed by atoms with Crippen molar-refractivity contribution in [2.24, 2.45) is 13.0 Å². The van der Waals surface area contributed by atoms with Crippen LogP contribution in [0.5, 0.6) is 0 Å². The number of aliphatic carboxylic acids is 1. The Bertz CT molecular complexity index is 1140. The molecule has 2 bridgehead atoms. The molecular weight excluding hydrogens is 497 g/mol. The average molecular weight is 527 g/mol. The van der Waals surface area contributed by atoms with E-state index in [-0.39, 0.29) is 17.4 Å². The standard InChI is InChI=1S/C20H28N8O2.C2HF3O2/c1-3-26-13-22-24-17(26)16(18(29)23-20-8-14(9-20)10-20)27-4-6-28(7-5-27)19(30)15-11-21-12-25(15)2;3-2(4,5)1(6)7/h11-14,16H,3-10H2,1-2H3,(H,23,29);(H,6,7). The second kappa shape index (κ2) is 10.1. The van der Waals surface area contributed by atoms with E-state index in [0.29, 0.717) is 44.2 Å². The van der Waals surface area contributed by atoms with Gasteiger partial charge in [-0.3, -0.25) is 14.5 Å². The van der Waals surface area contributed by atoms with Gasteiger partial charge in [-0.1, -0.05) is 0 Å². The van der Waals surface area contributed by atoms with Crippen molar-refractivity contribution < 1.29 is 32.7 Å². The van der Waals surface area contributed by atoms with E-state index in [0.717, 1.165) is 25.2 Å². The molecule has 0 aromatic carbocycles. The number of aryl methyl sites for hydroxylation is 2. The number of nitrogens with zero attached hydrogens (tertiary/aromatic N) is 7. The highest BCUT2D eigenvalue weighted by molar-refractivity contribution is 5.92. The highest BCUT2D eigenvalue weighted by Gasteiger charge is 2.58. The Morgan fingerprint density at radius 1 is 1.16 bits per heavy atom. The van der Waals surface area contributed by atoms with Crippen LogP contribution in [0.4, 0.5) is 13.2 Å². The van der Waals surface area contributed by atoms with Gasteiger partial charge in [0.05, 0.1) is 12.5 Å². The van der Waals surface area contributed by atoms with Gasteiger partial charge in [0.25, 0.3) is 5.91 Å². The van der Waals surface area contributed by atoms with Crippen LogP contribution in [0.25, 0.3) is 0 Å². The molecule has 3 saturated carbocycles. The Morgan fingerprint density at radius 2 is 1.78 bits per heavy atom. The molecule has 2 N–H and O–H groups in total. The van der Waals surface area contributed by atoms with Gasteiger partial charge >= 0.3 is 12.1 Å². The molecule has 1 aliphatic heterocycles. The SMILES string of the molecule is CCn1cnnc1C(C(=O)NC12CC(C1)C2)N1CCN(C(=O)c2cncn2C)CC1.O=C(O)C(F)(F)F. The maximum absolute atomic E-state index is 13.4. The van der Waals surface area contributed by atoms with E-state index in [1.165, 1.54) is 0 Å². The number of carboxylic acid groups (broad SMARTS) is 1. The number of rotatable bonds is 6. The summed E-state index contributed by atoms with van der Waals surface area (Å²) in [5.74, 6) is -1.31. The lowest BCUT2D eigenvalue weighted by molar-refractivity contribution is -0.192. The zero-order valence-corrected chi connectivity index (χ0v) is 20.5. The number of imidazole rings is 1. The molecule has 1 atom stereocenters. The number of amides is 2. The monoisotopic (exact) mass is 526 g/mol. The third-order valence-corrected chi connectivity index (χ3v) is 7.15. The summed E-state index contributed by atoms with van der Waals surface area (Å²) in [6.07, 6.45) is 3.11. The highest BCUT2D eigenvalue weighted by Crippen LogP contribution is 2.57. The number of aromatic nitrogens is 5. The zero-order valence-electron chi connectivity index (χ0n) is 20.5. The highest BCUT2D eigenvalue weighted by atomic mass is 19.4. The molecule has 202 valence electrons. The average Bonchev–Trinajstić information content (AvgIpc) is 3.44. The zero-order chi connectivity index (χ0) is 27.0. The van der Waals surface area contributed by atoms with Crippen LogP contribution >= 0.6 is 0 Å². The van der Waals surface area contributed by atoms with Crippen molar-refractivity contribution >= 4 is 17.8 Å². The smallest absolute Gasteiger partial charge is 0.475 e. The van der Waals surface area contributed by atoms with Gasteiger partial charge in [0.1, 0.15) is 12.0 Å². The first kappa shape index (κ1) is 26.6. The van der Waals surface area contributed by atoms with Crippen molar-refractivity contribution in [3.05, 3.63) is 30.4 Å². The first-order valence-corrected chi connectivity index (χ1v) is 11.9. The van der Waals surface area contributed by atoms with E-state index in [2.05, 4.69) is 25.4 Å². The fourth-order valence-electron chi connectivity index (χ4n) is 5.04. The Balaban J connectivity index is 0.000000405. The topological polar surface area (TPSA) is 138 Å². The summed E-state index contributed by atoms with van der Waals surface area (Å²) in [7, 11) is 1.82. The van der Waals surface area contributed by atoms with Crippen LogP contribution < -0.4 is 5.32 Å². The van der Waals surface area contributed by atoms with E-state index in [1.807, 2.05) is 23.4 Å². The molecular formula is C22H29F3N8O4. The Hall–Kier alpha value is -3.49. The van der Waals surface area contributed by atoms with Crippen LogP contribution in [0.15, 0.2) is 18.9 Å². The van der Waals surface area contributed by atoms with Crippen molar-refractivity contribution in [1.82, 2.24) is 39.4 Å². The molecule has 0 spiro atoms. The molecule has 2 aromatic rings. The molecule has 3 heterocycles.